The van der Waals surface area contributed by atoms with E-state index in [2.05, 4.69) is 4.74 Å². The van der Waals surface area contributed by atoms with Crippen LogP contribution >= 0.6 is 0 Å². The molecule has 5 nitrogen and oxygen atoms in total. The summed E-state index contributed by atoms with van der Waals surface area (Å²) >= 11 is 0. The number of alkyl halides is 2. The molecule has 0 bridgehead atoms. The number of anilines is 1. The number of benzene rings is 1. The Hall–Kier alpha value is -2.18. The summed E-state index contributed by atoms with van der Waals surface area (Å²) in [5.41, 5.74) is 0.163. The number of carboxylic acids is 1. The molecule has 7 heteroatoms. The van der Waals surface area contributed by atoms with Gasteiger partial charge in [-0.05, 0) is 12.1 Å². The van der Waals surface area contributed by atoms with Crippen LogP contribution in [0.4, 0.5) is 14.5 Å². The molecule has 0 radical (unpaired) electrons. The molecule has 1 N–H and O–H groups in total. The molecule has 1 aliphatic rings. The zero-order valence-corrected chi connectivity index (χ0v) is 9.75. The SMILES string of the molecule is O=C(O)[C@H]1CC(=O)N(c2ccccc2OC(F)F)C1. The Bertz CT molecular complexity index is 506. The second-order valence-electron chi connectivity index (χ2n) is 4.09. The lowest BCUT2D eigenvalue weighted by atomic mass is 10.1. The number of hydrogen-bond acceptors (Lipinski definition) is 3. The van der Waals surface area contributed by atoms with E-state index in [1.54, 1.807) is 6.07 Å². The van der Waals surface area contributed by atoms with Gasteiger partial charge in [-0.15, -0.1) is 0 Å². The standard InChI is InChI=1S/C12H11F2NO4/c13-12(14)19-9-4-2-1-3-8(9)15-6-7(11(17)18)5-10(15)16/h1-4,7,12H,5-6H2,(H,17,18)/t7-/m0/s1. The summed E-state index contributed by atoms with van der Waals surface area (Å²) < 4.78 is 28.9. The van der Waals surface area contributed by atoms with Crippen LogP contribution in [-0.4, -0.2) is 30.1 Å². The lowest BCUT2D eigenvalue weighted by molar-refractivity contribution is -0.141. The van der Waals surface area contributed by atoms with Crippen molar-refractivity contribution in [3.8, 4) is 5.75 Å². The molecule has 1 aliphatic heterocycles. The maximum Gasteiger partial charge on any atom is 0.387 e. The Balaban J connectivity index is 2.27. The van der Waals surface area contributed by atoms with Gasteiger partial charge in [-0.1, -0.05) is 12.1 Å². The van der Waals surface area contributed by atoms with Gasteiger partial charge in [0, 0.05) is 13.0 Å². The molecule has 102 valence electrons. The van der Waals surface area contributed by atoms with Gasteiger partial charge < -0.3 is 14.7 Å². The summed E-state index contributed by atoms with van der Waals surface area (Å²) in [5.74, 6) is -2.47. The summed E-state index contributed by atoms with van der Waals surface area (Å²) in [4.78, 5) is 23.8. The van der Waals surface area contributed by atoms with Crippen molar-refractivity contribution < 1.29 is 28.2 Å². The highest BCUT2D eigenvalue weighted by Crippen LogP contribution is 2.33. The normalized spacial score (nSPS) is 19.0. The molecule has 1 aromatic carbocycles. The van der Waals surface area contributed by atoms with Gasteiger partial charge in [0.15, 0.2) is 0 Å². The van der Waals surface area contributed by atoms with Crippen molar-refractivity contribution in [2.45, 2.75) is 13.0 Å². The predicted molar refractivity (Wildman–Crippen MR) is 61.2 cm³/mol. The van der Waals surface area contributed by atoms with E-state index < -0.39 is 24.4 Å². The number of aliphatic carboxylic acids is 1. The summed E-state index contributed by atoms with van der Waals surface area (Å²) in [5, 5.41) is 8.88. The highest BCUT2D eigenvalue weighted by molar-refractivity contribution is 6.00. The highest BCUT2D eigenvalue weighted by Gasteiger charge is 2.36. The van der Waals surface area contributed by atoms with Crippen molar-refractivity contribution in [2.75, 3.05) is 11.4 Å². The summed E-state index contributed by atoms with van der Waals surface area (Å²) in [6.07, 6.45) is -0.141. The van der Waals surface area contributed by atoms with Crippen molar-refractivity contribution in [3.05, 3.63) is 24.3 Å². The van der Waals surface area contributed by atoms with Crippen LogP contribution in [0, 0.1) is 5.92 Å². The number of hydrogen-bond donors (Lipinski definition) is 1. The van der Waals surface area contributed by atoms with Gasteiger partial charge in [0.1, 0.15) is 5.75 Å². The highest BCUT2D eigenvalue weighted by atomic mass is 19.3. The molecular formula is C12H11F2NO4. The topological polar surface area (TPSA) is 66.8 Å². The van der Waals surface area contributed by atoms with Crippen LogP contribution < -0.4 is 9.64 Å². The van der Waals surface area contributed by atoms with Crippen LogP contribution in [0.2, 0.25) is 0 Å². The largest absolute Gasteiger partial charge is 0.481 e. The molecule has 1 aromatic rings. The molecule has 1 amide bonds. The number of ether oxygens (including phenoxy) is 1. The minimum atomic E-state index is -3.01. The van der Waals surface area contributed by atoms with Gasteiger partial charge in [-0.3, -0.25) is 9.59 Å². The first kappa shape index (κ1) is 13.3. The first-order chi connectivity index (χ1) is 8.99. The third-order valence-corrected chi connectivity index (χ3v) is 2.85. The average molecular weight is 271 g/mol. The molecule has 0 saturated carbocycles. The van der Waals surface area contributed by atoms with Gasteiger partial charge in [0.05, 0.1) is 11.6 Å². The quantitative estimate of drug-likeness (QED) is 0.905. The van der Waals surface area contributed by atoms with Gasteiger partial charge in [-0.2, -0.15) is 8.78 Å². The maximum absolute atomic E-state index is 12.3. The second-order valence-corrected chi connectivity index (χ2v) is 4.09. The summed E-state index contributed by atoms with van der Waals surface area (Å²) in [6.45, 7) is -3.05. The van der Waals surface area contributed by atoms with E-state index in [0.29, 0.717) is 0 Å². The molecule has 19 heavy (non-hydrogen) atoms. The van der Waals surface area contributed by atoms with E-state index in [-0.39, 0.29) is 24.4 Å². The van der Waals surface area contributed by atoms with Gasteiger partial charge >= 0.3 is 12.6 Å². The Morgan fingerprint density at radius 2 is 2.11 bits per heavy atom. The Labute approximate surface area is 107 Å². The van der Waals surface area contributed by atoms with Crippen LogP contribution in [0.1, 0.15) is 6.42 Å². The second kappa shape index (κ2) is 5.21. The lowest BCUT2D eigenvalue weighted by Crippen LogP contribution is -2.26. The average Bonchev–Trinajstić information content (AvgIpc) is 2.71. The number of carboxylic acid groups (broad SMARTS) is 1. The zero-order valence-electron chi connectivity index (χ0n) is 9.75. The number of para-hydroxylation sites is 2. The maximum atomic E-state index is 12.3. The molecule has 0 aromatic heterocycles. The minimum Gasteiger partial charge on any atom is -0.481 e. The number of carbonyl (C=O) groups excluding carboxylic acids is 1. The van der Waals surface area contributed by atoms with Crippen molar-refractivity contribution in [1.82, 2.24) is 0 Å². The van der Waals surface area contributed by atoms with Crippen LogP contribution in [-0.2, 0) is 9.59 Å². The fourth-order valence-electron chi connectivity index (χ4n) is 1.98. The Morgan fingerprint density at radius 1 is 1.42 bits per heavy atom. The zero-order chi connectivity index (χ0) is 14.0. The number of carbonyl (C=O) groups is 2. The van der Waals surface area contributed by atoms with E-state index in [4.69, 9.17) is 5.11 Å². The number of halogens is 2. The number of rotatable bonds is 4. The molecule has 1 fully saturated rings. The number of nitrogens with zero attached hydrogens (tertiary/aromatic N) is 1. The molecule has 1 saturated heterocycles. The molecule has 1 heterocycles. The number of amides is 1. The molecule has 1 atom stereocenters. The van der Waals surface area contributed by atoms with Gasteiger partial charge in [0.25, 0.3) is 0 Å². The summed E-state index contributed by atoms with van der Waals surface area (Å²) in [6, 6.07) is 5.81. The summed E-state index contributed by atoms with van der Waals surface area (Å²) in [7, 11) is 0. The molecular weight excluding hydrogens is 260 g/mol. The van der Waals surface area contributed by atoms with E-state index in [1.807, 2.05) is 0 Å². The van der Waals surface area contributed by atoms with Crippen LogP contribution in [0.15, 0.2) is 24.3 Å². The third-order valence-electron chi connectivity index (χ3n) is 2.85. The Morgan fingerprint density at radius 3 is 2.68 bits per heavy atom. The van der Waals surface area contributed by atoms with E-state index >= 15 is 0 Å². The first-order valence-electron chi connectivity index (χ1n) is 5.56. The Kier molecular flexibility index (Phi) is 3.64. The smallest absolute Gasteiger partial charge is 0.387 e. The first-order valence-corrected chi connectivity index (χ1v) is 5.56. The van der Waals surface area contributed by atoms with Crippen molar-refractivity contribution in [1.29, 1.82) is 0 Å². The fourth-order valence-corrected chi connectivity index (χ4v) is 1.98. The predicted octanol–water partition coefficient (Wildman–Crippen LogP) is 1.73. The van der Waals surface area contributed by atoms with Crippen LogP contribution in [0.5, 0.6) is 5.75 Å². The monoisotopic (exact) mass is 271 g/mol. The molecule has 0 unspecified atom stereocenters. The van der Waals surface area contributed by atoms with Crippen molar-refractivity contribution in [3.63, 3.8) is 0 Å². The van der Waals surface area contributed by atoms with Gasteiger partial charge in [-0.25, -0.2) is 0 Å². The van der Waals surface area contributed by atoms with E-state index in [0.717, 1.165) is 4.90 Å². The third kappa shape index (κ3) is 2.81. The van der Waals surface area contributed by atoms with Gasteiger partial charge in [0.2, 0.25) is 5.91 Å². The van der Waals surface area contributed by atoms with Crippen LogP contribution in [0.3, 0.4) is 0 Å². The minimum absolute atomic E-state index is 0.0439. The van der Waals surface area contributed by atoms with Crippen molar-refractivity contribution in [2.24, 2.45) is 5.92 Å². The van der Waals surface area contributed by atoms with E-state index in [9.17, 15) is 18.4 Å². The molecule has 2 rings (SSSR count). The lowest BCUT2D eigenvalue weighted by Gasteiger charge is -2.19. The van der Waals surface area contributed by atoms with Crippen LogP contribution in [0.25, 0.3) is 0 Å². The molecule has 0 aliphatic carbocycles. The molecule has 0 spiro atoms. The van der Waals surface area contributed by atoms with Crippen molar-refractivity contribution >= 4 is 17.6 Å². The van der Waals surface area contributed by atoms with E-state index in [1.165, 1.54) is 18.2 Å². The fraction of sp³-hybridized carbons (Fsp3) is 0.333.